The van der Waals surface area contributed by atoms with Crippen LogP contribution in [0, 0.1) is 5.92 Å². The molecule has 2 nitrogen and oxygen atoms in total. The van der Waals surface area contributed by atoms with Gasteiger partial charge in [-0.05, 0) is 18.1 Å². The van der Waals surface area contributed by atoms with Gasteiger partial charge in [-0.2, -0.15) is 0 Å². The van der Waals surface area contributed by atoms with E-state index in [1.54, 1.807) is 0 Å². The monoisotopic (exact) mass is 300 g/mol. The smallest absolute Gasteiger partial charge is 0.0465 e. The molecule has 0 amide bonds. The van der Waals surface area contributed by atoms with Crippen molar-refractivity contribution in [2.24, 2.45) is 5.92 Å². The Bertz CT molecular complexity index is 402. The summed E-state index contributed by atoms with van der Waals surface area (Å²) in [5, 5.41) is 5.15. The first-order valence-electron chi connectivity index (χ1n) is 7.00. The minimum Gasteiger partial charge on any atom is -0.311 e. The van der Waals surface area contributed by atoms with Crippen LogP contribution in [0.25, 0.3) is 0 Å². The highest BCUT2D eigenvalue weighted by molar-refractivity contribution is 6.35. The summed E-state index contributed by atoms with van der Waals surface area (Å²) < 4.78 is 0. The summed E-state index contributed by atoms with van der Waals surface area (Å²) in [4.78, 5) is 2.44. The highest BCUT2D eigenvalue weighted by atomic mass is 35.5. The average molecular weight is 301 g/mol. The first kappa shape index (κ1) is 15.1. The fourth-order valence-electron chi connectivity index (χ4n) is 2.56. The number of hydrogen-bond donors (Lipinski definition) is 1. The van der Waals surface area contributed by atoms with E-state index in [1.165, 1.54) is 6.42 Å². The van der Waals surface area contributed by atoms with Gasteiger partial charge < -0.3 is 5.32 Å². The topological polar surface area (TPSA) is 15.3 Å². The number of benzene rings is 1. The molecule has 1 aromatic carbocycles. The van der Waals surface area contributed by atoms with Crippen molar-refractivity contribution in [1.82, 2.24) is 10.2 Å². The van der Waals surface area contributed by atoms with E-state index in [9.17, 15) is 0 Å². The predicted octanol–water partition coefficient (Wildman–Crippen LogP) is 3.81. The van der Waals surface area contributed by atoms with Crippen LogP contribution in [0.15, 0.2) is 18.2 Å². The van der Waals surface area contributed by atoms with E-state index < -0.39 is 0 Å². The lowest BCUT2D eigenvalue weighted by Crippen LogP contribution is -2.52. The van der Waals surface area contributed by atoms with Crippen LogP contribution < -0.4 is 5.32 Å². The summed E-state index contributed by atoms with van der Waals surface area (Å²) in [7, 11) is 0. The molecule has 106 valence electrons. The second-order valence-corrected chi connectivity index (χ2v) is 6.20. The summed E-state index contributed by atoms with van der Waals surface area (Å²) in [6.45, 7) is 8.55. The maximum absolute atomic E-state index is 6.25. The molecular weight excluding hydrogens is 279 g/mol. The molecule has 2 unspecified atom stereocenters. The number of halogens is 2. The third kappa shape index (κ3) is 3.85. The van der Waals surface area contributed by atoms with Crippen molar-refractivity contribution in [3.05, 3.63) is 33.8 Å². The Morgan fingerprint density at radius 1 is 1.37 bits per heavy atom. The normalized spacial score (nSPS) is 22.4. The van der Waals surface area contributed by atoms with E-state index in [2.05, 4.69) is 24.1 Å². The van der Waals surface area contributed by atoms with Crippen molar-refractivity contribution in [3.63, 3.8) is 0 Å². The van der Waals surface area contributed by atoms with Gasteiger partial charge in [0.15, 0.2) is 0 Å². The highest BCUT2D eigenvalue weighted by Crippen LogP contribution is 2.26. The van der Waals surface area contributed by atoms with Crippen LogP contribution in [-0.4, -0.2) is 30.6 Å². The highest BCUT2D eigenvalue weighted by Gasteiger charge is 2.23. The van der Waals surface area contributed by atoms with Gasteiger partial charge in [0.1, 0.15) is 0 Å². The summed E-state index contributed by atoms with van der Waals surface area (Å²) in [6.07, 6.45) is 1.21. The molecule has 1 aliphatic heterocycles. The van der Waals surface area contributed by atoms with Crippen LogP contribution in [0.4, 0.5) is 0 Å². The zero-order valence-corrected chi connectivity index (χ0v) is 13.1. The second kappa shape index (κ2) is 6.94. The zero-order valence-electron chi connectivity index (χ0n) is 11.6. The average Bonchev–Trinajstić information content (AvgIpc) is 2.42. The quantitative estimate of drug-likeness (QED) is 0.909. The maximum atomic E-state index is 6.25. The molecule has 1 saturated heterocycles. The summed E-state index contributed by atoms with van der Waals surface area (Å²) >= 11 is 12.5. The Balaban J connectivity index is 2.03. The third-order valence-electron chi connectivity index (χ3n) is 4.06. The number of nitrogens with one attached hydrogen (secondary N) is 1. The largest absolute Gasteiger partial charge is 0.311 e. The van der Waals surface area contributed by atoms with Gasteiger partial charge >= 0.3 is 0 Å². The van der Waals surface area contributed by atoms with E-state index in [-0.39, 0.29) is 0 Å². The van der Waals surface area contributed by atoms with Crippen LogP contribution >= 0.6 is 23.2 Å². The SMILES string of the molecule is CCC(C)C1CN(Cc2c(Cl)cccc2Cl)CCN1. The third-order valence-corrected chi connectivity index (χ3v) is 4.77. The van der Waals surface area contributed by atoms with Crippen molar-refractivity contribution < 1.29 is 0 Å². The first-order chi connectivity index (χ1) is 9.11. The van der Waals surface area contributed by atoms with Gasteiger partial charge in [-0.3, -0.25) is 4.90 Å². The van der Waals surface area contributed by atoms with Gasteiger partial charge in [0.05, 0.1) is 0 Å². The molecule has 0 bridgehead atoms. The lowest BCUT2D eigenvalue weighted by Gasteiger charge is -2.36. The number of rotatable bonds is 4. The Hall–Kier alpha value is -0.280. The van der Waals surface area contributed by atoms with Crippen LogP contribution in [0.3, 0.4) is 0 Å². The van der Waals surface area contributed by atoms with Crippen LogP contribution in [-0.2, 0) is 6.54 Å². The molecule has 1 fully saturated rings. The molecule has 19 heavy (non-hydrogen) atoms. The number of piperazine rings is 1. The molecular formula is C15H22Cl2N2. The minimum atomic E-state index is 0.569. The Labute approximate surface area is 126 Å². The Morgan fingerprint density at radius 3 is 2.68 bits per heavy atom. The molecule has 2 atom stereocenters. The summed E-state index contributed by atoms with van der Waals surface area (Å²) in [5.41, 5.74) is 1.05. The van der Waals surface area contributed by atoms with E-state index in [4.69, 9.17) is 23.2 Å². The van der Waals surface area contributed by atoms with Gasteiger partial charge in [0, 0.05) is 47.8 Å². The molecule has 1 aliphatic rings. The minimum absolute atomic E-state index is 0.569. The molecule has 1 aromatic rings. The van der Waals surface area contributed by atoms with Crippen LogP contribution in [0.2, 0.25) is 10.0 Å². The summed E-state index contributed by atoms with van der Waals surface area (Å²) in [5.74, 6) is 0.699. The van der Waals surface area contributed by atoms with Gasteiger partial charge in [-0.1, -0.05) is 49.5 Å². The van der Waals surface area contributed by atoms with E-state index in [0.29, 0.717) is 12.0 Å². The lowest BCUT2D eigenvalue weighted by molar-refractivity contribution is 0.162. The van der Waals surface area contributed by atoms with Crippen molar-refractivity contribution >= 4 is 23.2 Å². The van der Waals surface area contributed by atoms with E-state index in [1.807, 2.05) is 18.2 Å². The zero-order chi connectivity index (χ0) is 13.8. The fourth-order valence-corrected chi connectivity index (χ4v) is 3.08. The maximum Gasteiger partial charge on any atom is 0.0465 e. The van der Waals surface area contributed by atoms with Crippen molar-refractivity contribution in [2.45, 2.75) is 32.9 Å². The van der Waals surface area contributed by atoms with Gasteiger partial charge in [-0.15, -0.1) is 0 Å². The molecule has 0 spiro atoms. The summed E-state index contributed by atoms with van der Waals surface area (Å²) in [6, 6.07) is 6.29. The number of nitrogens with zero attached hydrogens (tertiary/aromatic N) is 1. The first-order valence-corrected chi connectivity index (χ1v) is 7.76. The van der Waals surface area contributed by atoms with Crippen LogP contribution in [0.5, 0.6) is 0 Å². The molecule has 0 aromatic heterocycles. The van der Waals surface area contributed by atoms with Gasteiger partial charge in [0.2, 0.25) is 0 Å². The van der Waals surface area contributed by atoms with Gasteiger partial charge in [0.25, 0.3) is 0 Å². The Kier molecular flexibility index (Phi) is 5.52. The van der Waals surface area contributed by atoms with Gasteiger partial charge in [-0.25, -0.2) is 0 Å². The molecule has 0 aliphatic carbocycles. The lowest BCUT2D eigenvalue weighted by atomic mass is 9.97. The van der Waals surface area contributed by atoms with Crippen molar-refractivity contribution in [2.75, 3.05) is 19.6 Å². The Morgan fingerprint density at radius 2 is 2.05 bits per heavy atom. The molecule has 1 heterocycles. The molecule has 0 saturated carbocycles. The molecule has 0 radical (unpaired) electrons. The van der Waals surface area contributed by atoms with E-state index >= 15 is 0 Å². The van der Waals surface area contributed by atoms with Crippen molar-refractivity contribution in [3.8, 4) is 0 Å². The predicted molar refractivity (Wildman–Crippen MR) is 83.0 cm³/mol. The van der Waals surface area contributed by atoms with Crippen molar-refractivity contribution in [1.29, 1.82) is 0 Å². The fraction of sp³-hybridized carbons (Fsp3) is 0.600. The van der Waals surface area contributed by atoms with E-state index in [0.717, 1.165) is 41.8 Å². The van der Waals surface area contributed by atoms with Crippen LogP contribution in [0.1, 0.15) is 25.8 Å². The standard InChI is InChI=1S/C15H22Cl2N2/c1-3-11(2)15-10-19(8-7-18-15)9-12-13(16)5-4-6-14(12)17/h4-6,11,15,18H,3,7-10H2,1-2H3. The second-order valence-electron chi connectivity index (χ2n) is 5.38. The number of hydrogen-bond acceptors (Lipinski definition) is 2. The molecule has 1 N–H and O–H groups in total. The molecule has 4 heteroatoms. The molecule has 2 rings (SSSR count).